The Morgan fingerprint density at radius 2 is 1.93 bits per heavy atom. The molecule has 0 amide bonds. The Hall–Kier alpha value is -3.33. The number of hydrogen-bond donors (Lipinski definition) is 1. The van der Waals surface area contributed by atoms with Crippen LogP contribution in [-0.2, 0) is 12.2 Å². The van der Waals surface area contributed by atoms with Crippen molar-refractivity contribution >= 4 is 11.8 Å². The summed E-state index contributed by atoms with van der Waals surface area (Å²) >= 11 is 1.37. The van der Waals surface area contributed by atoms with E-state index in [9.17, 15) is 4.39 Å². The molecule has 0 saturated carbocycles. The topological polar surface area (TPSA) is 92.0 Å². The molecule has 0 aliphatic rings. The molecule has 0 bridgehead atoms. The molecule has 0 saturated heterocycles. The first-order chi connectivity index (χ1) is 14.1. The maximum atomic E-state index is 13.8. The Labute approximate surface area is 170 Å². The van der Waals surface area contributed by atoms with Gasteiger partial charge >= 0.3 is 0 Å². The highest BCUT2D eigenvalue weighted by Gasteiger charge is 2.14. The fraction of sp³-hybridized carbons (Fsp3) is 0.150. The molecule has 148 valence electrons. The number of aromatic nitrogens is 4. The van der Waals surface area contributed by atoms with E-state index in [-0.39, 0.29) is 12.2 Å². The van der Waals surface area contributed by atoms with Crippen LogP contribution in [0.4, 0.5) is 4.39 Å². The van der Waals surface area contributed by atoms with Gasteiger partial charge in [-0.25, -0.2) is 9.07 Å². The van der Waals surface area contributed by atoms with Gasteiger partial charge in [-0.2, -0.15) is 0 Å². The molecule has 0 aliphatic heterocycles. The molecular weight excluding hydrogens is 393 g/mol. The zero-order valence-corrected chi connectivity index (χ0v) is 16.4. The van der Waals surface area contributed by atoms with Crippen molar-refractivity contribution < 1.29 is 13.7 Å². The molecule has 0 fully saturated rings. The van der Waals surface area contributed by atoms with Gasteiger partial charge in [0.15, 0.2) is 5.82 Å². The Morgan fingerprint density at radius 3 is 2.69 bits per heavy atom. The van der Waals surface area contributed by atoms with Gasteiger partial charge in [-0.15, -0.1) is 10.2 Å². The second-order valence-electron chi connectivity index (χ2n) is 6.23. The quantitative estimate of drug-likeness (QED) is 0.366. The van der Waals surface area contributed by atoms with Gasteiger partial charge < -0.3 is 15.1 Å². The lowest BCUT2D eigenvalue weighted by Crippen LogP contribution is -2.14. The average Bonchev–Trinajstić information content (AvgIpc) is 3.35. The molecule has 0 aliphatic carbocycles. The van der Waals surface area contributed by atoms with Crippen molar-refractivity contribution in [3.05, 3.63) is 77.6 Å². The Morgan fingerprint density at radius 1 is 1.14 bits per heavy atom. The van der Waals surface area contributed by atoms with Crippen LogP contribution in [0.3, 0.4) is 0 Å². The second kappa shape index (κ2) is 8.36. The van der Waals surface area contributed by atoms with Crippen LogP contribution < -0.4 is 10.6 Å². The Kier molecular flexibility index (Phi) is 5.48. The minimum atomic E-state index is -0.294. The third-order valence-electron chi connectivity index (χ3n) is 4.33. The van der Waals surface area contributed by atoms with Crippen LogP contribution in [0.1, 0.15) is 17.1 Å². The molecule has 0 spiro atoms. The molecule has 0 atom stereocenters. The highest BCUT2D eigenvalue weighted by atomic mass is 32.2. The van der Waals surface area contributed by atoms with E-state index in [4.69, 9.17) is 15.1 Å². The molecule has 9 heteroatoms. The van der Waals surface area contributed by atoms with Crippen molar-refractivity contribution in [1.29, 1.82) is 0 Å². The first kappa shape index (κ1) is 19.0. The molecule has 2 N–H and O–H groups in total. The number of thioether (sulfide) groups is 1. The van der Waals surface area contributed by atoms with Crippen LogP contribution in [0, 0.1) is 5.82 Å². The smallest absolute Gasteiger partial charge is 0.210 e. The van der Waals surface area contributed by atoms with E-state index < -0.39 is 0 Å². The fourth-order valence-corrected chi connectivity index (χ4v) is 3.50. The zero-order chi connectivity index (χ0) is 20.2. The molecule has 2 aromatic carbocycles. The van der Waals surface area contributed by atoms with E-state index in [1.807, 2.05) is 30.3 Å². The number of nitrogens with two attached hydrogens (primary N) is 1. The largest absolute Gasteiger partial charge is 0.497 e. The Balaban J connectivity index is 1.41. The number of rotatable bonds is 7. The highest BCUT2D eigenvalue weighted by molar-refractivity contribution is 7.98. The van der Waals surface area contributed by atoms with Gasteiger partial charge in [0.2, 0.25) is 5.16 Å². The lowest BCUT2D eigenvalue weighted by molar-refractivity contribution is 0.397. The van der Waals surface area contributed by atoms with Gasteiger partial charge in [-0.1, -0.05) is 35.1 Å². The van der Waals surface area contributed by atoms with E-state index >= 15 is 0 Å². The Bertz CT molecular complexity index is 1110. The summed E-state index contributed by atoms with van der Waals surface area (Å²) in [6, 6.07) is 16.0. The summed E-state index contributed by atoms with van der Waals surface area (Å²) in [4.78, 5) is 0. The number of ether oxygens (including phenoxy) is 1. The molecule has 2 aromatic heterocycles. The monoisotopic (exact) mass is 411 g/mol. The van der Waals surface area contributed by atoms with Crippen molar-refractivity contribution in [2.45, 2.75) is 17.3 Å². The van der Waals surface area contributed by atoms with E-state index in [0.29, 0.717) is 28.1 Å². The lowest BCUT2D eigenvalue weighted by Gasteiger charge is -2.04. The standard InChI is InChI=1S/C20H18FN5O2S/c1-27-15-8-6-13(7-9-15)18-11-16(28-25-18)12-29-20-24-23-19(26(20)22)10-14-4-2-3-5-17(14)21/h2-9,11H,10,12,22H2,1H3. The number of nitrogen functional groups attached to an aromatic ring is 1. The molecule has 0 unspecified atom stereocenters. The summed E-state index contributed by atoms with van der Waals surface area (Å²) in [5.74, 6) is 8.21. The summed E-state index contributed by atoms with van der Waals surface area (Å²) in [6.07, 6.45) is 0.265. The first-order valence-electron chi connectivity index (χ1n) is 8.79. The predicted molar refractivity (Wildman–Crippen MR) is 107 cm³/mol. The molecular formula is C20H18FN5O2S. The maximum absolute atomic E-state index is 13.8. The number of nitrogens with zero attached hydrogens (tertiary/aromatic N) is 4. The summed E-state index contributed by atoms with van der Waals surface area (Å²) in [5, 5.41) is 12.8. The molecule has 2 heterocycles. The molecule has 4 rings (SSSR count). The highest BCUT2D eigenvalue weighted by Crippen LogP contribution is 2.26. The third kappa shape index (κ3) is 4.24. The number of methoxy groups -OCH3 is 1. The fourth-order valence-electron chi connectivity index (χ4n) is 2.75. The predicted octanol–water partition coefficient (Wildman–Crippen LogP) is 3.68. The molecule has 7 nitrogen and oxygen atoms in total. The van der Waals surface area contributed by atoms with Crippen molar-refractivity contribution in [3.63, 3.8) is 0 Å². The van der Waals surface area contributed by atoms with Crippen LogP contribution >= 0.6 is 11.8 Å². The van der Waals surface area contributed by atoms with Crippen LogP contribution in [-0.4, -0.2) is 27.1 Å². The van der Waals surface area contributed by atoms with Gasteiger partial charge in [0.05, 0.1) is 12.9 Å². The van der Waals surface area contributed by atoms with Gasteiger partial charge in [-0.05, 0) is 35.9 Å². The summed E-state index contributed by atoms with van der Waals surface area (Å²) in [6.45, 7) is 0. The van der Waals surface area contributed by atoms with Gasteiger partial charge in [0.25, 0.3) is 0 Å². The van der Waals surface area contributed by atoms with Crippen molar-refractivity contribution in [2.24, 2.45) is 0 Å². The van der Waals surface area contributed by atoms with Gasteiger partial charge in [0, 0.05) is 18.1 Å². The normalized spacial score (nSPS) is 11.0. The third-order valence-corrected chi connectivity index (χ3v) is 5.30. The lowest BCUT2D eigenvalue weighted by atomic mass is 10.1. The summed E-state index contributed by atoms with van der Waals surface area (Å²) < 4.78 is 25.8. The van der Waals surface area contributed by atoms with Gasteiger partial charge in [-0.3, -0.25) is 0 Å². The van der Waals surface area contributed by atoms with E-state index in [1.54, 1.807) is 25.3 Å². The number of benzene rings is 2. The second-order valence-corrected chi connectivity index (χ2v) is 7.18. The van der Waals surface area contributed by atoms with Crippen LogP contribution in [0.15, 0.2) is 64.3 Å². The van der Waals surface area contributed by atoms with Crippen molar-refractivity contribution in [3.8, 4) is 17.0 Å². The van der Waals surface area contributed by atoms with Crippen LogP contribution in [0.5, 0.6) is 5.75 Å². The number of halogens is 1. The van der Waals surface area contributed by atoms with E-state index in [2.05, 4.69) is 15.4 Å². The molecule has 0 radical (unpaired) electrons. The molecule has 29 heavy (non-hydrogen) atoms. The van der Waals surface area contributed by atoms with Crippen molar-refractivity contribution in [2.75, 3.05) is 13.0 Å². The van der Waals surface area contributed by atoms with E-state index in [0.717, 1.165) is 17.0 Å². The number of hydrogen-bond acceptors (Lipinski definition) is 7. The first-order valence-corrected chi connectivity index (χ1v) is 9.78. The summed E-state index contributed by atoms with van der Waals surface area (Å²) in [7, 11) is 1.62. The van der Waals surface area contributed by atoms with E-state index in [1.165, 1.54) is 22.5 Å². The minimum Gasteiger partial charge on any atom is -0.497 e. The van der Waals surface area contributed by atoms with Crippen LogP contribution in [0.2, 0.25) is 0 Å². The SMILES string of the molecule is COc1ccc(-c2cc(CSc3nnc(Cc4ccccc4F)n3N)on2)cc1. The molecule has 4 aromatic rings. The van der Waals surface area contributed by atoms with Gasteiger partial charge in [0.1, 0.15) is 23.0 Å². The average molecular weight is 411 g/mol. The zero-order valence-electron chi connectivity index (χ0n) is 15.6. The van der Waals surface area contributed by atoms with Crippen LogP contribution in [0.25, 0.3) is 11.3 Å². The summed E-state index contributed by atoms with van der Waals surface area (Å²) in [5.41, 5.74) is 2.18. The van der Waals surface area contributed by atoms with Crippen molar-refractivity contribution in [1.82, 2.24) is 20.0 Å². The maximum Gasteiger partial charge on any atom is 0.210 e. The minimum absolute atomic E-state index is 0.265.